The van der Waals surface area contributed by atoms with Crippen LogP contribution in [0.1, 0.15) is 0 Å². The van der Waals surface area contributed by atoms with Crippen molar-refractivity contribution in [1.29, 1.82) is 0 Å². The Morgan fingerprint density at radius 2 is 1.00 bits per heavy atom. The van der Waals surface area contributed by atoms with Gasteiger partial charge in [-0.25, -0.2) is 0 Å². The van der Waals surface area contributed by atoms with E-state index in [4.69, 9.17) is 0 Å². The Kier molecular flexibility index (Phi) is 42.5. The average molecular weight is 259 g/mol. The lowest BCUT2D eigenvalue weighted by atomic mass is 11.3. The van der Waals surface area contributed by atoms with Crippen LogP contribution < -0.4 is 0 Å². The maximum absolute atomic E-state index is 3.02. The molecule has 0 aromatic heterocycles. The second kappa shape index (κ2) is 16.3. The highest BCUT2D eigenvalue weighted by atomic mass is 79.9. The molecule has 0 aromatic rings. The fourth-order valence-corrected chi connectivity index (χ4v) is 0. The second-order valence-electron chi connectivity index (χ2n) is 0.252. The summed E-state index contributed by atoms with van der Waals surface area (Å²) in [5.41, 5.74) is 0. The molecule has 0 saturated heterocycles. The highest BCUT2D eigenvalue weighted by Gasteiger charge is 1.39. The van der Waals surface area contributed by atoms with Crippen LogP contribution in [0.3, 0.4) is 0 Å². The van der Waals surface area contributed by atoms with Crippen molar-refractivity contribution < 1.29 is 0 Å². The van der Waals surface area contributed by atoms with Gasteiger partial charge in [0.05, 0.1) is 0 Å². The third-order valence-electron chi connectivity index (χ3n) is 0.0476. The van der Waals surface area contributed by atoms with Crippen molar-refractivity contribution >= 4 is 56.7 Å². The molecule has 0 atom stereocenters. The van der Waals surface area contributed by atoms with E-state index < -0.39 is 0 Å². The van der Waals surface area contributed by atoms with Crippen molar-refractivity contribution in [3.8, 4) is 0 Å². The summed E-state index contributed by atoms with van der Waals surface area (Å²) in [6, 6.07) is 0. The first-order valence-corrected chi connectivity index (χ1v) is 2.60. The van der Waals surface area contributed by atoms with E-state index in [-0.39, 0.29) is 24.8 Å². The summed E-state index contributed by atoms with van der Waals surface area (Å²) in [6.07, 6.45) is 0. The minimum absolute atomic E-state index is 0. The molecule has 0 amide bonds. The Morgan fingerprint density at radius 3 is 1.00 bits per heavy atom. The number of rotatable bonds is 0. The normalized spacial score (nSPS) is 6.33. The van der Waals surface area contributed by atoms with Crippen molar-refractivity contribution in [3.05, 3.63) is 9.97 Å². The van der Waals surface area contributed by atoms with E-state index in [1.807, 2.05) is 0 Å². The van der Waals surface area contributed by atoms with Crippen molar-refractivity contribution in [1.82, 2.24) is 0 Å². The topological polar surface area (TPSA) is 0 Å². The lowest BCUT2D eigenvalue weighted by Gasteiger charge is -1.44. The molecule has 0 fully saturated rings. The van der Waals surface area contributed by atoms with Crippen LogP contribution in [0.2, 0.25) is 0 Å². The van der Waals surface area contributed by atoms with E-state index >= 15 is 0 Å². The first-order valence-electron chi connectivity index (χ1n) is 0.770. The summed E-state index contributed by atoms with van der Waals surface area (Å²) in [5, 5.41) is 0. The van der Waals surface area contributed by atoms with Gasteiger partial charge in [0.15, 0.2) is 0 Å². The summed E-state index contributed by atoms with van der Waals surface area (Å²) in [6.45, 7) is 0. The third-order valence-corrected chi connectivity index (χ3v) is 1.29. The van der Waals surface area contributed by atoms with E-state index in [0.29, 0.717) is 0 Å². The van der Waals surface area contributed by atoms with Gasteiger partial charge in [0.25, 0.3) is 0 Å². The molecule has 0 saturated carbocycles. The highest BCUT2D eigenvalue weighted by molar-refractivity contribution is 9.13. The SMILES string of the molecule is BrC=CBr.Cl.Cl. The molecule has 4 heteroatoms. The van der Waals surface area contributed by atoms with Crippen LogP contribution in [0, 0.1) is 0 Å². The van der Waals surface area contributed by atoms with Gasteiger partial charge in [0.2, 0.25) is 0 Å². The summed E-state index contributed by atoms with van der Waals surface area (Å²) in [4.78, 5) is 3.46. The Balaban J connectivity index is -0.0000000450. The van der Waals surface area contributed by atoms with E-state index in [0.717, 1.165) is 0 Å². The predicted molar refractivity (Wildman–Crippen MR) is 41.5 cm³/mol. The molecule has 40 valence electrons. The second-order valence-corrected chi connectivity index (χ2v) is 1.31. The van der Waals surface area contributed by atoms with Crippen molar-refractivity contribution in [2.75, 3.05) is 0 Å². The van der Waals surface area contributed by atoms with Crippen molar-refractivity contribution in [3.63, 3.8) is 0 Å². The smallest absolute Gasteiger partial charge is 0.0120 e. The molecule has 0 aliphatic rings. The van der Waals surface area contributed by atoms with Crippen LogP contribution in [0.15, 0.2) is 9.97 Å². The van der Waals surface area contributed by atoms with Gasteiger partial charge in [-0.1, -0.05) is 31.9 Å². The molecule has 0 spiro atoms. The Labute approximate surface area is 66.5 Å². The minimum Gasteiger partial charge on any atom is -0.147 e. The zero-order valence-corrected chi connectivity index (χ0v) is 7.53. The van der Waals surface area contributed by atoms with Gasteiger partial charge in [0, 0.05) is 0 Å². The molecule has 0 radical (unpaired) electrons. The van der Waals surface area contributed by atoms with Gasteiger partial charge in [-0.2, -0.15) is 0 Å². The fraction of sp³-hybridized carbons (Fsp3) is 0. The molecular formula is C2H4Br2Cl2. The van der Waals surface area contributed by atoms with Gasteiger partial charge in [-0.15, -0.1) is 24.8 Å². The summed E-state index contributed by atoms with van der Waals surface area (Å²) >= 11 is 6.04. The Morgan fingerprint density at radius 1 is 0.833 bits per heavy atom. The maximum atomic E-state index is 3.02. The molecule has 0 rings (SSSR count). The lowest BCUT2D eigenvalue weighted by molar-refractivity contribution is 2.65. The van der Waals surface area contributed by atoms with Crippen LogP contribution in [0.4, 0.5) is 0 Å². The minimum atomic E-state index is 0. The zero-order chi connectivity index (χ0) is 3.41. The number of hydrogen-bond acceptors (Lipinski definition) is 0. The first-order chi connectivity index (χ1) is 1.91. The highest BCUT2D eigenvalue weighted by Crippen LogP contribution is 1.86. The van der Waals surface area contributed by atoms with Crippen LogP contribution >= 0.6 is 56.7 Å². The third kappa shape index (κ3) is 18.6. The van der Waals surface area contributed by atoms with Gasteiger partial charge < -0.3 is 0 Å². The molecule has 0 unspecified atom stereocenters. The van der Waals surface area contributed by atoms with E-state index in [2.05, 4.69) is 31.9 Å². The molecule has 0 aliphatic heterocycles. The van der Waals surface area contributed by atoms with Crippen molar-refractivity contribution in [2.24, 2.45) is 0 Å². The largest absolute Gasteiger partial charge is 0.147 e. The Bertz CT molecular complexity index is 24.7. The van der Waals surface area contributed by atoms with Crippen LogP contribution in [0.25, 0.3) is 0 Å². The number of hydrogen-bond donors (Lipinski definition) is 0. The van der Waals surface area contributed by atoms with E-state index in [9.17, 15) is 0 Å². The molecule has 0 aromatic carbocycles. The standard InChI is InChI=1S/C2H2Br2.2ClH/c3-1-2-4;;/h1-2H;2*1H. The van der Waals surface area contributed by atoms with Gasteiger partial charge >= 0.3 is 0 Å². The Hall–Kier alpha value is 1.28. The van der Waals surface area contributed by atoms with Crippen molar-refractivity contribution in [2.45, 2.75) is 0 Å². The van der Waals surface area contributed by atoms with E-state index in [1.54, 1.807) is 9.97 Å². The quantitative estimate of drug-likeness (QED) is 0.626. The first kappa shape index (κ1) is 15.7. The summed E-state index contributed by atoms with van der Waals surface area (Å²) in [5.74, 6) is 0. The molecule has 0 bridgehead atoms. The lowest BCUT2D eigenvalue weighted by Crippen LogP contribution is -1.07. The van der Waals surface area contributed by atoms with Gasteiger partial charge in [0.1, 0.15) is 0 Å². The molecule has 0 nitrogen and oxygen atoms in total. The molecule has 6 heavy (non-hydrogen) atoms. The fourth-order valence-electron chi connectivity index (χ4n) is 0. The maximum Gasteiger partial charge on any atom is -0.0120 e. The molecule has 0 heterocycles. The van der Waals surface area contributed by atoms with Crippen LogP contribution in [-0.4, -0.2) is 0 Å². The van der Waals surface area contributed by atoms with E-state index in [1.165, 1.54) is 0 Å². The van der Waals surface area contributed by atoms with Crippen LogP contribution in [0.5, 0.6) is 0 Å². The summed E-state index contributed by atoms with van der Waals surface area (Å²) < 4.78 is 0. The monoisotopic (exact) mass is 256 g/mol. The number of halogens is 4. The molecule has 0 aliphatic carbocycles. The average Bonchev–Trinajstić information content (AvgIpc) is 1.37. The van der Waals surface area contributed by atoms with Gasteiger partial charge in [-0.3, -0.25) is 0 Å². The van der Waals surface area contributed by atoms with Gasteiger partial charge in [-0.05, 0) is 9.97 Å². The molecule has 0 N–H and O–H groups in total. The zero-order valence-electron chi connectivity index (χ0n) is 2.73. The molecular weight excluding hydrogens is 255 g/mol. The predicted octanol–water partition coefficient (Wildman–Crippen LogP) is 3.09. The van der Waals surface area contributed by atoms with Crippen LogP contribution in [-0.2, 0) is 0 Å². The summed E-state index contributed by atoms with van der Waals surface area (Å²) in [7, 11) is 0.